The van der Waals surface area contributed by atoms with Crippen LogP contribution >= 0.6 is 0 Å². The monoisotopic (exact) mass is 408 g/mol. The fourth-order valence-corrected chi connectivity index (χ4v) is 3.89. The zero-order chi connectivity index (χ0) is 21.1. The maximum atomic E-state index is 11.9. The third-order valence-electron chi connectivity index (χ3n) is 5.88. The smallest absolute Gasteiger partial charge is 0.254 e. The number of hydrogen-bond donors (Lipinski definition) is 1. The molecule has 2 aromatic rings. The van der Waals surface area contributed by atoms with Gasteiger partial charge in [-0.2, -0.15) is 0 Å². The molecule has 8 heteroatoms. The summed E-state index contributed by atoms with van der Waals surface area (Å²) >= 11 is 0. The number of anilines is 1. The molecule has 1 amide bonds. The van der Waals surface area contributed by atoms with Crippen molar-refractivity contribution in [3.8, 4) is 0 Å². The number of amides is 1. The highest BCUT2D eigenvalue weighted by molar-refractivity contribution is 5.96. The van der Waals surface area contributed by atoms with Crippen molar-refractivity contribution in [2.75, 3.05) is 37.6 Å². The summed E-state index contributed by atoms with van der Waals surface area (Å²) in [7, 11) is 0. The van der Waals surface area contributed by atoms with Gasteiger partial charge in [-0.05, 0) is 31.9 Å². The minimum Gasteiger partial charge on any atom is -0.448 e. The molecule has 0 aromatic carbocycles. The van der Waals surface area contributed by atoms with E-state index in [-0.39, 0.29) is 11.9 Å². The molecule has 158 valence electrons. The van der Waals surface area contributed by atoms with E-state index >= 15 is 0 Å². The Kier molecular flexibility index (Phi) is 5.94. The first-order chi connectivity index (χ1) is 14.5. The zero-order valence-electron chi connectivity index (χ0n) is 17.6. The van der Waals surface area contributed by atoms with Crippen molar-refractivity contribution in [1.29, 1.82) is 0 Å². The van der Waals surface area contributed by atoms with Gasteiger partial charge in [-0.15, -0.1) is 0 Å². The van der Waals surface area contributed by atoms with Crippen LogP contribution in [-0.4, -0.2) is 64.5 Å². The Morgan fingerprint density at radius 3 is 2.97 bits per heavy atom. The van der Waals surface area contributed by atoms with E-state index in [0.29, 0.717) is 12.1 Å². The molecule has 0 aliphatic carbocycles. The van der Waals surface area contributed by atoms with E-state index in [1.54, 1.807) is 6.20 Å². The van der Waals surface area contributed by atoms with Crippen LogP contribution in [0.25, 0.3) is 6.08 Å². The normalized spacial score (nSPS) is 18.7. The topological polar surface area (TPSA) is 87.4 Å². The Hall–Kier alpha value is -3.00. The minimum atomic E-state index is -0.0777. The predicted molar refractivity (Wildman–Crippen MR) is 115 cm³/mol. The molecule has 0 spiro atoms. The minimum absolute atomic E-state index is 0.0777. The van der Waals surface area contributed by atoms with Crippen molar-refractivity contribution in [1.82, 2.24) is 25.2 Å². The standard InChI is InChI=1S/C22H28N6O2/c1-15(5-6-19-17(3)30-14-25-19)16(2)27-9-4-10-28(12-11-27)22-24-13-18-20(26-22)7-8-23-21(18)29/h5-6,13-14,16H,1,4,7-12H2,2-3H3,(H,23,29)/b6-5-. The number of carbonyl (C=O) groups is 1. The lowest BCUT2D eigenvalue weighted by molar-refractivity contribution is 0.0944. The molecule has 0 bridgehead atoms. The summed E-state index contributed by atoms with van der Waals surface area (Å²) in [5, 5.41) is 2.84. The number of rotatable bonds is 5. The Labute approximate surface area is 176 Å². The van der Waals surface area contributed by atoms with Crippen molar-refractivity contribution < 1.29 is 9.21 Å². The molecule has 8 nitrogen and oxygen atoms in total. The van der Waals surface area contributed by atoms with E-state index < -0.39 is 0 Å². The molecule has 1 unspecified atom stereocenters. The lowest BCUT2D eigenvalue weighted by atomic mass is 10.1. The van der Waals surface area contributed by atoms with Crippen molar-refractivity contribution in [2.24, 2.45) is 0 Å². The SMILES string of the molecule is C=C(/C=C\c1ncoc1C)C(C)N1CCCN(c2ncc3c(n2)CCNC3=O)CC1. The van der Waals surface area contributed by atoms with Gasteiger partial charge in [0.1, 0.15) is 11.5 Å². The van der Waals surface area contributed by atoms with Crippen LogP contribution in [0, 0.1) is 6.92 Å². The molecule has 1 atom stereocenters. The van der Waals surface area contributed by atoms with Gasteiger partial charge < -0.3 is 14.6 Å². The molecule has 4 rings (SSSR count). The quantitative estimate of drug-likeness (QED) is 0.759. The number of oxazole rings is 1. The first-order valence-corrected chi connectivity index (χ1v) is 10.4. The van der Waals surface area contributed by atoms with Gasteiger partial charge in [-0.3, -0.25) is 9.69 Å². The van der Waals surface area contributed by atoms with E-state index in [1.807, 2.05) is 19.1 Å². The molecular formula is C22H28N6O2. The highest BCUT2D eigenvalue weighted by atomic mass is 16.3. The number of nitrogens with zero attached hydrogens (tertiary/aromatic N) is 5. The second-order valence-electron chi connectivity index (χ2n) is 7.79. The van der Waals surface area contributed by atoms with Gasteiger partial charge in [0.05, 0.1) is 11.3 Å². The van der Waals surface area contributed by atoms with Gasteiger partial charge in [0, 0.05) is 51.4 Å². The Balaban J connectivity index is 1.39. The Morgan fingerprint density at radius 2 is 2.17 bits per heavy atom. The van der Waals surface area contributed by atoms with Crippen LogP contribution in [0.3, 0.4) is 0 Å². The summed E-state index contributed by atoms with van der Waals surface area (Å²) in [4.78, 5) is 29.9. The summed E-state index contributed by atoms with van der Waals surface area (Å²) in [6, 6.07) is 0.224. The van der Waals surface area contributed by atoms with Crippen LogP contribution < -0.4 is 10.2 Å². The van der Waals surface area contributed by atoms with Crippen molar-refractivity contribution in [3.05, 3.63) is 53.5 Å². The fourth-order valence-electron chi connectivity index (χ4n) is 3.89. The molecular weight excluding hydrogens is 380 g/mol. The molecule has 0 radical (unpaired) electrons. The summed E-state index contributed by atoms with van der Waals surface area (Å²) in [6.07, 6.45) is 8.87. The van der Waals surface area contributed by atoms with E-state index in [1.165, 1.54) is 6.39 Å². The summed E-state index contributed by atoms with van der Waals surface area (Å²) in [5.74, 6) is 1.45. The van der Waals surface area contributed by atoms with Gasteiger partial charge in [0.25, 0.3) is 5.91 Å². The van der Waals surface area contributed by atoms with Gasteiger partial charge in [0.2, 0.25) is 5.95 Å². The van der Waals surface area contributed by atoms with Gasteiger partial charge in [0.15, 0.2) is 6.39 Å². The molecule has 1 saturated heterocycles. The van der Waals surface area contributed by atoms with Crippen LogP contribution in [0.15, 0.2) is 35.2 Å². The summed E-state index contributed by atoms with van der Waals surface area (Å²) in [6.45, 7) is 12.6. The first kappa shape index (κ1) is 20.3. The average molecular weight is 409 g/mol. The molecule has 30 heavy (non-hydrogen) atoms. The molecule has 2 aromatic heterocycles. The second kappa shape index (κ2) is 8.79. The Bertz CT molecular complexity index is 966. The van der Waals surface area contributed by atoms with Gasteiger partial charge >= 0.3 is 0 Å². The van der Waals surface area contributed by atoms with E-state index in [0.717, 1.165) is 67.7 Å². The highest BCUT2D eigenvalue weighted by Gasteiger charge is 2.24. The van der Waals surface area contributed by atoms with Crippen LogP contribution in [0.1, 0.15) is 40.9 Å². The van der Waals surface area contributed by atoms with Gasteiger partial charge in [-0.1, -0.05) is 12.7 Å². The number of hydrogen-bond acceptors (Lipinski definition) is 7. The molecule has 2 aliphatic heterocycles. The maximum Gasteiger partial charge on any atom is 0.254 e. The van der Waals surface area contributed by atoms with Crippen LogP contribution in [0.5, 0.6) is 0 Å². The van der Waals surface area contributed by atoms with Crippen molar-refractivity contribution in [2.45, 2.75) is 32.7 Å². The molecule has 1 N–H and O–H groups in total. The van der Waals surface area contributed by atoms with E-state index in [9.17, 15) is 4.79 Å². The highest BCUT2D eigenvalue weighted by Crippen LogP contribution is 2.19. The zero-order valence-corrected chi connectivity index (χ0v) is 17.6. The summed E-state index contributed by atoms with van der Waals surface area (Å²) in [5.41, 5.74) is 3.32. The van der Waals surface area contributed by atoms with Crippen LogP contribution in [0.2, 0.25) is 0 Å². The number of aromatic nitrogens is 3. The Morgan fingerprint density at radius 1 is 1.30 bits per heavy atom. The summed E-state index contributed by atoms with van der Waals surface area (Å²) < 4.78 is 5.24. The number of nitrogens with one attached hydrogen (secondary N) is 1. The average Bonchev–Trinajstić information content (AvgIpc) is 3.01. The molecule has 4 heterocycles. The maximum absolute atomic E-state index is 11.9. The molecule has 1 fully saturated rings. The largest absolute Gasteiger partial charge is 0.448 e. The molecule has 2 aliphatic rings. The third kappa shape index (κ3) is 4.28. The van der Waals surface area contributed by atoms with Crippen LogP contribution in [-0.2, 0) is 6.42 Å². The van der Waals surface area contributed by atoms with E-state index in [4.69, 9.17) is 9.40 Å². The number of fused-ring (bicyclic) bond motifs is 1. The third-order valence-corrected chi connectivity index (χ3v) is 5.88. The lowest BCUT2D eigenvalue weighted by Crippen LogP contribution is -2.38. The van der Waals surface area contributed by atoms with Crippen molar-refractivity contribution >= 4 is 17.9 Å². The number of carbonyl (C=O) groups excluding carboxylic acids is 1. The van der Waals surface area contributed by atoms with Crippen molar-refractivity contribution in [3.63, 3.8) is 0 Å². The first-order valence-electron chi connectivity index (χ1n) is 10.4. The fraction of sp³-hybridized carbons (Fsp3) is 0.455. The second-order valence-corrected chi connectivity index (χ2v) is 7.79. The van der Waals surface area contributed by atoms with Crippen LogP contribution in [0.4, 0.5) is 5.95 Å². The number of aryl methyl sites for hydroxylation is 1. The van der Waals surface area contributed by atoms with E-state index in [2.05, 4.69) is 38.6 Å². The lowest BCUT2D eigenvalue weighted by Gasteiger charge is -2.28. The predicted octanol–water partition coefficient (Wildman–Crippen LogP) is 2.23. The van der Waals surface area contributed by atoms with Gasteiger partial charge in [-0.25, -0.2) is 15.0 Å². The molecule has 0 saturated carbocycles.